The Bertz CT molecular complexity index is 1100. The first-order valence-corrected chi connectivity index (χ1v) is 9.39. The minimum Gasteiger partial charge on any atom is -0.362 e. The third-order valence-corrected chi connectivity index (χ3v) is 5.78. The predicted octanol–water partition coefficient (Wildman–Crippen LogP) is 5.54. The zero-order chi connectivity index (χ0) is 18.3. The molecule has 3 aromatic heterocycles. The summed E-state index contributed by atoms with van der Waals surface area (Å²) in [4.78, 5) is 11.0. The Hall–Kier alpha value is -2.44. The minimum absolute atomic E-state index is 0.483. The van der Waals surface area contributed by atoms with Crippen LogP contribution >= 0.6 is 22.9 Å². The first-order chi connectivity index (χ1) is 12.5. The van der Waals surface area contributed by atoms with Gasteiger partial charge in [-0.05, 0) is 38.0 Å². The van der Waals surface area contributed by atoms with Gasteiger partial charge in [-0.1, -0.05) is 28.9 Å². The van der Waals surface area contributed by atoms with E-state index in [1.165, 1.54) is 10.4 Å². The molecular weight excluding hydrogens is 368 g/mol. The maximum atomic E-state index is 6.32. The highest BCUT2D eigenvalue weighted by molar-refractivity contribution is 7.18. The number of rotatable bonds is 4. The first-order valence-electron chi connectivity index (χ1n) is 8.19. The maximum absolute atomic E-state index is 6.32. The van der Waals surface area contributed by atoms with Crippen molar-refractivity contribution in [1.29, 1.82) is 0 Å². The normalized spacial score (nSPS) is 11.2. The number of aryl methyl sites for hydroxylation is 3. The van der Waals surface area contributed by atoms with E-state index in [4.69, 9.17) is 16.1 Å². The van der Waals surface area contributed by atoms with E-state index >= 15 is 0 Å². The Morgan fingerprint density at radius 1 is 1.15 bits per heavy atom. The van der Waals surface area contributed by atoms with E-state index in [9.17, 15) is 0 Å². The van der Waals surface area contributed by atoms with Gasteiger partial charge in [-0.2, -0.15) is 0 Å². The van der Waals surface area contributed by atoms with Crippen LogP contribution in [0, 0.1) is 20.8 Å². The van der Waals surface area contributed by atoms with Crippen LogP contribution in [0.3, 0.4) is 0 Å². The van der Waals surface area contributed by atoms with Crippen LogP contribution in [0.25, 0.3) is 21.5 Å². The number of aromatic nitrogens is 3. The van der Waals surface area contributed by atoms with Crippen molar-refractivity contribution in [1.82, 2.24) is 15.1 Å². The second kappa shape index (κ2) is 6.70. The van der Waals surface area contributed by atoms with Crippen molar-refractivity contribution in [2.45, 2.75) is 27.3 Å². The second-order valence-corrected chi connectivity index (χ2v) is 7.81. The van der Waals surface area contributed by atoms with E-state index in [0.717, 1.165) is 32.9 Å². The summed E-state index contributed by atoms with van der Waals surface area (Å²) in [7, 11) is 0. The quantitative estimate of drug-likeness (QED) is 0.500. The molecule has 0 bridgehead atoms. The predicted molar refractivity (Wildman–Crippen MR) is 106 cm³/mol. The van der Waals surface area contributed by atoms with Crippen molar-refractivity contribution < 1.29 is 4.52 Å². The van der Waals surface area contributed by atoms with E-state index in [1.54, 1.807) is 17.7 Å². The van der Waals surface area contributed by atoms with Crippen molar-refractivity contribution in [2.24, 2.45) is 0 Å². The highest BCUT2D eigenvalue weighted by Crippen LogP contribution is 2.33. The van der Waals surface area contributed by atoms with Gasteiger partial charge in [0.15, 0.2) is 5.76 Å². The highest BCUT2D eigenvalue weighted by atomic mass is 35.5. The van der Waals surface area contributed by atoms with Crippen LogP contribution in [0.4, 0.5) is 5.82 Å². The molecule has 0 saturated carbocycles. The molecule has 0 atom stereocenters. The van der Waals surface area contributed by atoms with Gasteiger partial charge in [0.2, 0.25) is 0 Å². The summed E-state index contributed by atoms with van der Waals surface area (Å²) < 4.78 is 5.46. The molecule has 4 rings (SSSR count). The Kier molecular flexibility index (Phi) is 4.38. The topological polar surface area (TPSA) is 63.8 Å². The third-order valence-electron chi connectivity index (χ3n) is 4.35. The average molecular weight is 385 g/mol. The van der Waals surface area contributed by atoms with Crippen LogP contribution < -0.4 is 5.32 Å². The second-order valence-electron chi connectivity index (χ2n) is 6.20. The SMILES string of the molecule is Cc1ccc(-c2cc(CNc3ncnc4sc(C)c(C)c34)on2)c(Cl)c1. The Labute approximate surface area is 160 Å². The average Bonchev–Trinajstić information content (AvgIpc) is 3.18. The van der Waals surface area contributed by atoms with Gasteiger partial charge in [0.05, 0.1) is 17.0 Å². The molecule has 0 fully saturated rings. The van der Waals surface area contributed by atoms with E-state index in [-0.39, 0.29) is 0 Å². The van der Waals surface area contributed by atoms with Gasteiger partial charge in [0.1, 0.15) is 22.7 Å². The summed E-state index contributed by atoms with van der Waals surface area (Å²) >= 11 is 8.00. The number of hydrogen-bond donors (Lipinski definition) is 1. The van der Waals surface area contributed by atoms with E-state index in [1.807, 2.05) is 31.2 Å². The molecule has 0 spiro atoms. The molecule has 0 unspecified atom stereocenters. The number of fused-ring (bicyclic) bond motifs is 1. The lowest BCUT2D eigenvalue weighted by molar-refractivity contribution is 0.390. The summed E-state index contributed by atoms with van der Waals surface area (Å²) in [6.45, 7) is 6.68. The number of thiophene rings is 1. The summed E-state index contributed by atoms with van der Waals surface area (Å²) in [5.41, 5.74) is 3.90. The summed E-state index contributed by atoms with van der Waals surface area (Å²) in [6, 6.07) is 7.78. The van der Waals surface area contributed by atoms with Gasteiger partial charge < -0.3 is 9.84 Å². The smallest absolute Gasteiger partial charge is 0.156 e. The lowest BCUT2D eigenvalue weighted by atomic mass is 10.1. The zero-order valence-corrected chi connectivity index (χ0v) is 16.2. The van der Waals surface area contributed by atoms with Crippen LogP contribution in [0.15, 0.2) is 35.1 Å². The van der Waals surface area contributed by atoms with Gasteiger partial charge in [-0.25, -0.2) is 9.97 Å². The lowest BCUT2D eigenvalue weighted by Crippen LogP contribution is -2.01. The number of benzene rings is 1. The summed E-state index contributed by atoms with van der Waals surface area (Å²) in [5, 5.41) is 9.21. The fourth-order valence-electron chi connectivity index (χ4n) is 2.84. The standard InChI is InChI=1S/C19H17ClN4OS/c1-10-4-5-14(15(20)6-10)16-7-13(25-24-16)8-21-18-17-11(2)12(3)26-19(17)23-9-22-18/h4-7,9H,8H2,1-3H3,(H,21,22,23). The molecular formula is C19H17ClN4OS. The molecule has 4 aromatic rings. The molecule has 1 N–H and O–H groups in total. The van der Waals surface area contributed by atoms with Crippen LogP contribution in [-0.4, -0.2) is 15.1 Å². The molecule has 0 aliphatic carbocycles. The fraction of sp³-hybridized carbons (Fsp3) is 0.211. The van der Waals surface area contributed by atoms with E-state index in [2.05, 4.69) is 34.3 Å². The van der Waals surface area contributed by atoms with Crippen molar-refractivity contribution in [3.63, 3.8) is 0 Å². The van der Waals surface area contributed by atoms with Crippen molar-refractivity contribution in [2.75, 3.05) is 5.32 Å². The molecule has 5 nitrogen and oxygen atoms in total. The molecule has 0 aliphatic heterocycles. The summed E-state index contributed by atoms with van der Waals surface area (Å²) in [5.74, 6) is 1.52. The Morgan fingerprint density at radius 3 is 2.81 bits per heavy atom. The monoisotopic (exact) mass is 384 g/mol. The number of halogens is 1. The number of hydrogen-bond acceptors (Lipinski definition) is 6. The maximum Gasteiger partial charge on any atom is 0.156 e. The molecule has 132 valence electrons. The third kappa shape index (κ3) is 3.06. The number of nitrogens with zero attached hydrogens (tertiary/aromatic N) is 3. The van der Waals surface area contributed by atoms with Crippen LogP contribution in [-0.2, 0) is 6.54 Å². The van der Waals surface area contributed by atoms with E-state index < -0.39 is 0 Å². The molecule has 0 amide bonds. The van der Waals surface area contributed by atoms with Gasteiger partial charge in [0, 0.05) is 16.5 Å². The molecule has 0 saturated heterocycles. The van der Waals surface area contributed by atoms with Crippen LogP contribution in [0.2, 0.25) is 5.02 Å². The molecule has 3 heterocycles. The molecule has 0 aliphatic rings. The number of anilines is 1. The van der Waals surface area contributed by atoms with Crippen LogP contribution in [0.1, 0.15) is 21.8 Å². The van der Waals surface area contributed by atoms with Gasteiger partial charge >= 0.3 is 0 Å². The molecule has 7 heteroatoms. The van der Waals surface area contributed by atoms with Gasteiger partial charge in [-0.3, -0.25) is 0 Å². The van der Waals surface area contributed by atoms with Gasteiger partial charge in [-0.15, -0.1) is 11.3 Å². The first kappa shape index (κ1) is 17.0. The Morgan fingerprint density at radius 2 is 2.00 bits per heavy atom. The highest BCUT2D eigenvalue weighted by Gasteiger charge is 2.14. The van der Waals surface area contributed by atoms with Gasteiger partial charge in [0.25, 0.3) is 0 Å². The number of nitrogens with one attached hydrogen (secondary N) is 1. The lowest BCUT2D eigenvalue weighted by Gasteiger charge is -2.05. The largest absolute Gasteiger partial charge is 0.362 e. The van der Waals surface area contributed by atoms with Crippen molar-refractivity contribution in [3.05, 3.63) is 57.4 Å². The van der Waals surface area contributed by atoms with E-state index in [0.29, 0.717) is 17.3 Å². The van der Waals surface area contributed by atoms with Crippen LogP contribution in [0.5, 0.6) is 0 Å². The molecule has 1 aromatic carbocycles. The molecule has 26 heavy (non-hydrogen) atoms. The zero-order valence-electron chi connectivity index (χ0n) is 14.6. The minimum atomic E-state index is 0.483. The van der Waals surface area contributed by atoms with Crippen molar-refractivity contribution in [3.8, 4) is 11.3 Å². The molecule has 0 radical (unpaired) electrons. The fourth-order valence-corrected chi connectivity index (χ4v) is 4.17. The Balaban J connectivity index is 1.57. The summed E-state index contributed by atoms with van der Waals surface area (Å²) in [6.07, 6.45) is 1.58. The van der Waals surface area contributed by atoms with Crippen molar-refractivity contribution >= 4 is 39.0 Å².